The van der Waals surface area contributed by atoms with Crippen LogP contribution in [0.1, 0.15) is 20.8 Å². The highest BCUT2D eigenvalue weighted by Crippen LogP contribution is 2.24. The number of halogens is 2. The molecule has 0 spiro atoms. The Balaban J connectivity index is 3.27. The molecule has 5 nitrogen and oxygen atoms in total. The molecule has 0 heterocycles. The zero-order valence-electron chi connectivity index (χ0n) is 10.7. The van der Waals surface area contributed by atoms with Gasteiger partial charge in [-0.25, -0.2) is 21.9 Å². The van der Waals surface area contributed by atoms with Gasteiger partial charge in [0.25, 0.3) is 0 Å². The average molecular weight is 294 g/mol. The van der Waals surface area contributed by atoms with Crippen LogP contribution < -0.4 is 10.5 Å². The molecule has 1 aromatic rings. The number of sulfonamides is 1. The van der Waals surface area contributed by atoms with Crippen LogP contribution in [0.25, 0.3) is 0 Å². The highest BCUT2D eigenvalue weighted by atomic mass is 32.2. The maximum atomic E-state index is 13.7. The van der Waals surface area contributed by atoms with Gasteiger partial charge in [-0.15, -0.1) is 0 Å². The van der Waals surface area contributed by atoms with Crippen LogP contribution in [-0.2, 0) is 10.0 Å². The number of anilines is 1. The Labute approximate surface area is 110 Å². The molecule has 1 aromatic carbocycles. The topological polar surface area (TPSA) is 92.4 Å². The molecule has 0 saturated heterocycles. The number of nitrogens with one attached hydrogen (secondary N) is 1. The van der Waals surface area contributed by atoms with E-state index in [1.807, 2.05) is 0 Å². The highest BCUT2D eigenvalue weighted by Gasteiger charge is 2.32. The molecule has 1 atom stereocenters. The zero-order valence-corrected chi connectivity index (χ0v) is 11.6. The van der Waals surface area contributed by atoms with Gasteiger partial charge in [-0.3, -0.25) is 0 Å². The quantitative estimate of drug-likeness (QED) is 0.722. The van der Waals surface area contributed by atoms with Crippen LogP contribution >= 0.6 is 0 Å². The highest BCUT2D eigenvalue weighted by molar-refractivity contribution is 7.89. The number of benzene rings is 1. The maximum Gasteiger partial charge on any atom is 0.244 e. The van der Waals surface area contributed by atoms with Crippen LogP contribution in [0.2, 0.25) is 0 Å². The van der Waals surface area contributed by atoms with Crippen molar-refractivity contribution in [3.63, 3.8) is 0 Å². The first kappa shape index (κ1) is 15.8. The minimum absolute atomic E-state index is 0.764. The summed E-state index contributed by atoms with van der Waals surface area (Å²) in [5.74, 6) is -2.39. The Kier molecular flexibility index (Phi) is 4.18. The number of aliphatic hydroxyl groups excluding tert-OH is 1. The van der Waals surface area contributed by atoms with Gasteiger partial charge in [-0.2, -0.15) is 0 Å². The van der Waals surface area contributed by atoms with Crippen LogP contribution in [0, 0.1) is 11.6 Å². The van der Waals surface area contributed by atoms with Crippen molar-refractivity contribution in [2.45, 2.75) is 37.3 Å². The van der Waals surface area contributed by atoms with Crippen LogP contribution in [0.3, 0.4) is 0 Å². The van der Waals surface area contributed by atoms with E-state index in [9.17, 15) is 22.3 Å². The van der Waals surface area contributed by atoms with Crippen molar-refractivity contribution < 1.29 is 22.3 Å². The summed E-state index contributed by atoms with van der Waals surface area (Å²) >= 11 is 0. The van der Waals surface area contributed by atoms with E-state index >= 15 is 0 Å². The molecule has 4 N–H and O–H groups in total. The van der Waals surface area contributed by atoms with E-state index in [0.717, 1.165) is 12.1 Å². The van der Waals surface area contributed by atoms with Gasteiger partial charge in [0.15, 0.2) is 5.82 Å². The number of aliphatic hydroxyl groups is 1. The van der Waals surface area contributed by atoms with Crippen LogP contribution in [0.15, 0.2) is 17.0 Å². The summed E-state index contributed by atoms with van der Waals surface area (Å²) in [6.45, 7) is 4.25. The molecule has 0 fully saturated rings. The molecule has 8 heteroatoms. The summed E-state index contributed by atoms with van der Waals surface area (Å²) in [5, 5.41) is 9.45. The van der Waals surface area contributed by atoms with E-state index in [1.54, 1.807) is 0 Å². The van der Waals surface area contributed by atoms with Crippen molar-refractivity contribution in [3.05, 3.63) is 23.8 Å². The molecule has 1 unspecified atom stereocenters. The standard InChI is InChI=1S/C11H16F2N2O3S/c1-6(16)11(2,3)15-19(17,18)8-5-4-7(12)10(14)9(8)13/h4-6,15-16H,14H2,1-3H3. The second-order valence-corrected chi connectivity index (χ2v) is 6.43. The maximum absolute atomic E-state index is 13.7. The zero-order chi connectivity index (χ0) is 15.0. The SMILES string of the molecule is CC(O)C(C)(C)NS(=O)(=O)c1ccc(F)c(N)c1F. The number of nitrogens with two attached hydrogens (primary N) is 1. The lowest BCUT2D eigenvalue weighted by atomic mass is 10.0. The van der Waals surface area contributed by atoms with Gasteiger partial charge >= 0.3 is 0 Å². The fraction of sp³-hybridized carbons (Fsp3) is 0.455. The van der Waals surface area contributed by atoms with Crippen LogP contribution in [-0.4, -0.2) is 25.2 Å². The predicted molar refractivity (Wildman–Crippen MR) is 66.9 cm³/mol. The first-order chi connectivity index (χ1) is 8.49. The Morgan fingerprint density at radius 3 is 2.37 bits per heavy atom. The molecule has 0 saturated carbocycles. The summed E-state index contributed by atoms with van der Waals surface area (Å²) in [7, 11) is -4.26. The summed E-state index contributed by atoms with van der Waals surface area (Å²) in [4.78, 5) is -0.764. The molecule has 0 aromatic heterocycles. The molecule has 0 amide bonds. The third kappa shape index (κ3) is 3.20. The molecule has 0 aliphatic rings. The average Bonchev–Trinajstić information content (AvgIpc) is 2.23. The van der Waals surface area contributed by atoms with E-state index in [2.05, 4.69) is 4.72 Å². The Bertz CT molecular complexity index is 586. The summed E-state index contributed by atoms with van der Waals surface area (Å²) < 4.78 is 52.8. The molecule has 19 heavy (non-hydrogen) atoms. The normalized spacial score (nSPS) is 14.4. The van der Waals surface area contributed by atoms with Crippen LogP contribution in [0.5, 0.6) is 0 Å². The first-order valence-corrected chi connectivity index (χ1v) is 6.93. The minimum Gasteiger partial charge on any atom is -0.394 e. The van der Waals surface area contributed by atoms with Crippen molar-refractivity contribution >= 4 is 15.7 Å². The monoisotopic (exact) mass is 294 g/mol. The third-order valence-corrected chi connectivity index (χ3v) is 4.51. The van der Waals surface area contributed by atoms with E-state index in [-0.39, 0.29) is 0 Å². The lowest BCUT2D eigenvalue weighted by Gasteiger charge is -2.29. The van der Waals surface area contributed by atoms with Gasteiger partial charge in [-0.05, 0) is 32.9 Å². The predicted octanol–water partition coefficient (Wildman–Crippen LogP) is 0.985. The van der Waals surface area contributed by atoms with Gasteiger partial charge in [-0.1, -0.05) is 0 Å². The van der Waals surface area contributed by atoms with Crippen molar-refractivity contribution in [2.75, 3.05) is 5.73 Å². The third-order valence-electron chi connectivity index (χ3n) is 2.82. The van der Waals surface area contributed by atoms with E-state index < -0.39 is 43.9 Å². The number of rotatable bonds is 4. The van der Waals surface area contributed by atoms with Gasteiger partial charge in [0.05, 0.1) is 11.6 Å². The van der Waals surface area contributed by atoms with E-state index in [0.29, 0.717) is 0 Å². The summed E-state index contributed by atoms with van der Waals surface area (Å²) in [6, 6.07) is 1.55. The summed E-state index contributed by atoms with van der Waals surface area (Å²) in [5.41, 5.74) is 3.03. The van der Waals surface area contributed by atoms with E-state index in [4.69, 9.17) is 5.73 Å². The Hall–Kier alpha value is -1.25. The van der Waals surface area contributed by atoms with Crippen molar-refractivity contribution in [1.29, 1.82) is 0 Å². The van der Waals surface area contributed by atoms with Crippen molar-refractivity contribution in [3.8, 4) is 0 Å². The number of nitrogen functional groups attached to an aromatic ring is 1. The van der Waals surface area contributed by atoms with Crippen LogP contribution in [0.4, 0.5) is 14.5 Å². The Morgan fingerprint density at radius 1 is 1.37 bits per heavy atom. The summed E-state index contributed by atoms with van der Waals surface area (Å²) in [6.07, 6.45) is -1.01. The lowest BCUT2D eigenvalue weighted by Crippen LogP contribution is -2.50. The van der Waals surface area contributed by atoms with E-state index in [1.165, 1.54) is 20.8 Å². The number of hydrogen-bond acceptors (Lipinski definition) is 4. The molecule has 0 aliphatic heterocycles. The van der Waals surface area contributed by atoms with Gasteiger partial charge in [0, 0.05) is 0 Å². The van der Waals surface area contributed by atoms with Crippen molar-refractivity contribution in [2.24, 2.45) is 0 Å². The molecule has 0 bridgehead atoms. The second-order valence-electron chi connectivity index (χ2n) is 4.78. The largest absolute Gasteiger partial charge is 0.394 e. The van der Waals surface area contributed by atoms with Gasteiger partial charge in [0.1, 0.15) is 16.4 Å². The molecule has 0 radical (unpaired) electrons. The lowest BCUT2D eigenvalue weighted by molar-refractivity contribution is 0.111. The number of hydrogen-bond donors (Lipinski definition) is 3. The minimum atomic E-state index is -4.26. The molecule has 108 valence electrons. The second kappa shape index (κ2) is 5.03. The van der Waals surface area contributed by atoms with Gasteiger partial charge < -0.3 is 10.8 Å². The van der Waals surface area contributed by atoms with Gasteiger partial charge in [0.2, 0.25) is 10.0 Å². The molecule has 1 rings (SSSR count). The smallest absolute Gasteiger partial charge is 0.244 e. The Morgan fingerprint density at radius 2 is 1.89 bits per heavy atom. The fourth-order valence-corrected chi connectivity index (χ4v) is 2.81. The molecular weight excluding hydrogens is 278 g/mol. The fourth-order valence-electron chi connectivity index (χ4n) is 1.24. The van der Waals surface area contributed by atoms with Crippen molar-refractivity contribution in [1.82, 2.24) is 4.72 Å². The first-order valence-electron chi connectivity index (χ1n) is 5.44. The molecule has 0 aliphatic carbocycles. The molecular formula is C11H16F2N2O3S.